The molecular weight excluding hydrogens is 490 g/mol. The summed E-state index contributed by atoms with van der Waals surface area (Å²) in [4.78, 5) is 73.8. The minimum Gasteiger partial charge on any atom is -0.508 e. The predicted molar refractivity (Wildman–Crippen MR) is 127 cm³/mol. The lowest BCUT2D eigenvalue weighted by atomic mass is 10.0. The van der Waals surface area contributed by atoms with Crippen LogP contribution < -0.4 is 22.1 Å². The van der Waals surface area contributed by atoms with Gasteiger partial charge < -0.3 is 42.3 Å². The minimum absolute atomic E-state index is 0.0322. The van der Waals surface area contributed by atoms with E-state index in [1.807, 2.05) is 0 Å². The fourth-order valence-corrected chi connectivity index (χ4v) is 3.95. The highest BCUT2D eigenvalue weighted by molar-refractivity contribution is 5.95. The van der Waals surface area contributed by atoms with E-state index in [4.69, 9.17) is 16.6 Å². The second-order valence-corrected chi connectivity index (χ2v) is 8.73. The van der Waals surface area contributed by atoms with Gasteiger partial charge in [-0.25, -0.2) is 4.79 Å². The third kappa shape index (κ3) is 8.75. The molecule has 1 heterocycles. The molecule has 4 unspecified atom stereocenters. The van der Waals surface area contributed by atoms with E-state index in [1.54, 1.807) is 0 Å². The Kier molecular flexibility index (Phi) is 10.4. The van der Waals surface area contributed by atoms with Gasteiger partial charge in [-0.2, -0.15) is 0 Å². The van der Waals surface area contributed by atoms with Crippen molar-refractivity contribution in [3.63, 3.8) is 0 Å². The lowest BCUT2D eigenvalue weighted by Crippen LogP contribution is -2.58. The first-order chi connectivity index (χ1) is 17.4. The van der Waals surface area contributed by atoms with Crippen LogP contribution in [-0.4, -0.2) is 86.5 Å². The molecule has 0 bridgehead atoms. The first-order valence-electron chi connectivity index (χ1n) is 11.6. The highest BCUT2D eigenvalue weighted by atomic mass is 16.4. The summed E-state index contributed by atoms with van der Waals surface area (Å²) in [5, 5.41) is 32.9. The molecule has 0 saturated carbocycles. The van der Waals surface area contributed by atoms with Gasteiger partial charge in [-0.1, -0.05) is 12.1 Å². The van der Waals surface area contributed by atoms with E-state index in [1.165, 1.54) is 24.3 Å². The van der Waals surface area contributed by atoms with Gasteiger partial charge in [0, 0.05) is 19.4 Å². The zero-order valence-corrected chi connectivity index (χ0v) is 20.0. The molecule has 2 rings (SSSR count). The number of aliphatic carboxylic acids is 2. The molecule has 0 radical (unpaired) electrons. The van der Waals surface area contributed by atoms with Crippen LogP contribution in [0.25, 0.3) is 0 Å². The Morgan fingerprint density at radius 3 is 2.19 bits per heavy atom. The number of nitrogens with zero attached hydrogens (tertiary/aromatic N) is 1. The number of carboxylic acids is 2. The molecular formula is C23H31N5O9. The first kappa shape index (κ1) is 29.0. The van der Waals surface area contributed by atoms with Crippen LogP contribution in [0, 0.1) is 0 Å². The van der Waals surface area contributed by atoms with Crippen LogP contribution in [-0.2, 0) is 35.2 Å². The summed E-state index contributed by atoms with van der Waals surface area (Å²) in [6, 6.07) is 0.591. The molecule has 14 nitrogen and oxygen atoms in total. The average molecular weight is 522 g/mol. The van der Waals surface area contributed by atoms with Crippen molar-refractivity contribution in [1.82, 2.24) is 15.5 Å². The highest BCUT2D eigenvalue weighted by Gasteiger charge is 2.38. The molecule has 1 fully saturated rings. The molecule has 14 heteroatoms. The molecule has 1 aliphatic rings. The van der Waals surface area contributed by atoms with Crippen LogP contribution in [0.5, 0.6) is 5.75 Å². The van der Waals surface area contributed by atoms with Gasteiger partial charge in [0.2, 0.25) is 23.6 Å². The van der Waals surface area contributed by atoms with Crippen LogP contribution in [0.2, 0.25) is 0 Å². The molecule has 0 aliphatic carbocycles. The molecule has 9 N–H and O–H groups in total. The number of carbonyl (C=O) groups is 6. The smallest absolute Gasteiger partial charge is 0.326 e. The number of aromatic hydroxyl groups is 1. The van der Waals surface area contributed by atoms with Crippen molar-refractivity contribution in [3.8, 4) is 5.75 Å². The topological polar surface area (TPSA) is 242 Å². The Bertz CT molecular complexity index is 1030. The second-order valence-electron chi connectivity index (χ2n) is 8.73. The van der Waals surface area contributed by atoms with Crippen molar-refractivity contribution < 1.29 is 44.1 Å². The number of hydrogen-bond acceptors (Lipinski definition) is 8. The number of phenolic OH excluding ortho intramolecular Hbond substituents is 1. The number of carbonyl (C=O) groups excluding carboxylic acids is 4. The summed E-state index contributed by atoms with van der Waals surface area (Å²) in [6.45, 7) is 0.130. The van der Waals surface area contributed by atoms with Gasteiger partial charge in [-0.05, 0) is 37.0 Å². The van der Waals surface area contributed by atoms with Gasteiger partial charge in [0.1, 0.15) is 23.9 Å². The van der Waals surface area contributed by atoms with Crippen LogP contribution in [0.15, 0.2) is 24.3 Å². The Hall–Kier alpha value is -4.20. The Morgan fingerprint density at radius 1 is 1.00 bits per heavy atom. The number of nitrogens with one attached hydrogen (secondary N) is 2. The summed E-state index contributed by atoms with van der Waals surface area (Å²) in [5.41, 5.74) is 11.3. The number of nitrogens with two attached hydrogens (primary N) is 2. The molecule has 0 spiro atoms. The molecule has 1 aromatic rings. The highest BCUT2D eigenvalue weighted by Crippen LogP contribution is 2.20. The first-order valence-corrected chi connectivity index (χ1v) is 11.6. The van der Waals surface area contributed by atoms with Crippen LogP contribution in [0.3, 0.4) is 0 Å². The van der Waals surface area contributed by atoms with Gasteiger partial charge in [0.15, 0.2) is 0 Å². The van der Waals surface area contributed by atoms with Crippen LogP contribution >= 0.6 is 0 Å². The number of phenols is 1. The van der Waals surface area contributed by atoms with E-state index in [9.17, 15) is 39.0 Å². The van der Waals surface area contributed by atoms with E-state index >= 15 is 0 Å². The van der Waals surface area contributed by atoms with Crippen molar-refractivity contribution in [1.29, 1.82) is 0 Å². The summed E-state index contributed by atoms with van der Waals surface area (Å²) in [5.74, 6) is -5.78. The standard InChI is InChI=1S/C23H31N5O9/c24-14(11-18(25)30)20(33)27-16(10-12-3-5-13(29)6-4-12)21(34)26-15(7-8-19(31)32)22(35)28-9-1-2-17(28)23(36)37/h3-6,14-17,29H,1-2,7-11,24H2,(H2,25,30)(H,26,34)(H,27,33)(H,31,32)(H,36,37). The number of amides is 4. The van der Waals surface area contributed by atoms with Gasteiger partial charge >= 0.3 is 11.9 Å². The Morgan fingerprint density at radius 2 is 1.62 bits per heavy atom. The van der Waals surface area contributed by atoms with Gasteiger partial charge in [-0.15, -0.1) is 0 Å². The number of carboxylic acid groups (broad SMARTS) is 2. The Labute approximate surface area is 212 Å². The molecule has 4 amide bonds. The third-order valence-corrected chi connectivity index (χ3v) is 5.85. The van der Waals surface area contributed by atoms with E-state index in [-0.39, 0.29) is 31.6 Å². The fourth-order valence-electron chi connectivity index (χ4n) is 3.95. The molecule has 1 aliphatic heterocycles. The van der Waals surface area contributed by atoms with E-state index < -0.39 is 72.6 Å². The summed E-state index contributed by atoms with van der Waals surface area (Å²) in [7, 11) is 0. The van der Waals surface area contributed by atoms with Gasteiger partial charge in [-0.3, -0.25) is 24.0 Å². The van der Waals surface area contributed by atoms with Gasteiger partial charge in [0.25, 0.3) is 0 Å². The van der Waals surface area contributed by atoms with Crippen LogP contribution in [0.1, 0.15) is 37.7 Å². The monoisotopic (exact) mass is 521 g/mol. The maximum atomic E-state index is 13.2. The van der Waals surface area contributed by atoms with Crippen molar-refractivity contribution in [2.24, 2.45) is 11.5 Å². The number of primary amides is 1. The number of likely N-dealkylation sites (tertiary alicyclic amines) is 1. The summed E-state index contributed by atoms with van der Waals surface area (Å²) in [6.07, 6.45) is -0.741. The average Bonchev–Trinajstić information content (AvgIpc) is 3.32. The van der Waals surface area contributed by atoms with Crippen molar-refractivity contribution >= 4 is 35.6 Å². The fraction of sp³-hybridized carbons (Fsp3) is 0.478. The maximum Gasteiger partial charge on any atom is 0.326 e. The number of hydrogen-bond donors (Lipinski definition) is 7. The maximum absolute atomic E-state index is 13.2. The predicted octanol–water partition coefficient (Wildman–Crippen LogP) is -1.95. The third-order valence-electron chi connectivity index (χ3n) is 5.85. The zero-order valence-electron chi connectivity index (χ0n) is 20.0. The number of benzene rings is 1. The lowest BCUT2D eigenvalue weighted by Gasteiger charge is -2.29. The van der Waals surface area contributed by atoms with E-state index in [0.717, 1.165) is 4.90 Å². The quantitative estimate of drug-likeness (QED) is 0.151. The molecule has 37 heavy (non-hydrogen) atoms. The molecule has 0 aromatic heterocycles. The molecule has 1 saturated heterocycles. The summed E-state index contributed by atoms with van der Waals surface area (Å²) < 4.78 is 0. The summed E-state index contributed by atoms with van der Waals surface area (Å²) >= 11 is 0. The minimum atomic E-state index is -1.37. The largest absolute Gasteiger partial charge is 0.508 e. The normalized spacial score (nSPS) is 17.3. The lowest BCUT2D eigenvalue weighted by molar-refractivity contribution is -0.150. The molecule has 4 atom stereocenters. The van der Waals surface area contributed by atoms with Crippen LogP contribution in [0.4, 0.5) is 0 Å². The van der Waals surface area contributed by atoms with Gasteiger partial charge in [0.05, 0.1) is 12.5 Å². The zero-order chi connectivity index (χ0) is 27.7. The van der Waals surface area contributed by atoms with Crippen molar-refractivity contribution in [3.05, 3.63) is 29.8 Å². The molecule has 202 valence electrons. The van der Waals surface area contributed by atoms with Crippen molar-refractivity contribution in [2.75, 3.05) is 6.54 Å². The van der Waals surface area contributed by atoms with E-state index in [0.29, 0.717) is 12.0 Å². The number of rotatable bonds is 13. The van der Waals surface area contributed by atoms with E-state index in [2.05, 4.69) is 10.6 Å². The second kappa shape index (κ2) is 13.2. The SMILES string of the molecule is NC(=O)CC(N)C(=O)NC(Cc1ccc(O)cc1)C(=O)NC(CCC(=O)O)C(=O)N1CCCC1C(=O)O. The Balaban J connectivity index is 2.27. The molecule has 1 aromatic carbocycles. The van der Waals surface area contributed by atoms with Crippen molar-refractivity contribution in [2.45, 2.75) is 62.7 Å².